The van der Waals surface area contributed by atoms with Gasteiger partial charge in [0.25, 0.3) is 0 Å². The number of ether oxygens (including phenoxy) is 1. The standard InChI is InChI=1S/C15H14ClF4N3O2/c1-3-4-9-7(2)23(14(21)24)22-13(9)25-12-10(16)5-8(6-11(12)17)15(18,19)20/h5-6H,3-4H2,1-2H3,(H2,21,24). The quantitative estimate of drug-likeness (QED) is 0.784. The number of alkyl halides is 3. The summed E-state index contributed by atoms with van der Waals surface area (Å²) < 4.78 is 58.3. The zero-order valence-corrected chi connectivity index (χ0v) is 14.0. The number of rotatable bonds is 4. The van der Waals surface area contributed by atoms with E-state index < -0.39 is 34.4 Å². The summed E-state index contributed by atoms with van der Waals surface area (Å²) in [6.45, 7) is 3.43. The summed E-state index contributed by atoms with van der Waals surface area (Å²) in [5.41, 5.74) is 4.83. The molecule has 0 unspecified atom stereocenters. The van der Waals surface area contributed by atoms with Gasteiger partial charge in [0.15, 0.2) is 11.6 Å². The first-order valence-electron chi connectivity index (χ1n) is 7.18. The fraction of sp³-hybridized carbons (Fsp3) is 0.333. The molecule has 0 saturated heterocycles. The highest BCUT2D eigenvalue weighted by atomic mass is 35.5. The third-order valence-electron chi connectivity index (χ3n) is 3.44. The van der Waals surface area contributed by atoms with Gasteiger partial charge in [0, 0.05) is 5.56 Å². The average Bonchev–Trinajstić information content (AvgIpc) is 2.79. The van der Waals surface area contributed by atoms with Crippen LogP contribution in [-0.4, -0.2) is 15.8 Å². The minimum Gasteiger partial charge on any atom is -0.433 e. The first-order chi connectivity index (χ1) is 11.6. The van der Waals surface area contributed by atoms with Crippen LogP contribution in [0.2, 0.25) is 5.02 Å². The molecule has 0 aliphatic rings. The van der Waals surface area contributed by atoms with Crippen LogP contribution in [0.5, 0.6) is 11.6 Å². The minimum absolute atomic E-state index is 0.140. The fourth-order valence-corrected chi connectivity index (χ4v) is 2.51. The molecule has 0 saturated carbocycles. The van der Waals surface area contributed by atoms with E-state index in [1.807, 2.05) is 6.92 Å². The van der Waals surface area contributed by atoms with E-state index in [9.17, 15) is 22.4 Å². The van der Waals surface area contributed by atoms with Crippen molar-refractivity contribution in [2.24, 2.45) is 5.73 Å². The molecule has 1 heterocycles. The Morgan fingerprint density at radius 1 is 1.40 bits per heavy atom. The van der Waals surface area contributed by atoms with Crippen LogP contribution in [0.25, 0.3) is 0 Å². The Bertz CT molecular complexity index is 795. The summed E-state index contributed by atoms with van der Waals surface area (Å²) in [5.74, 6) is -2.05. The van der Waals surface area contributed by atoms with Gasteiger partial charge in [0.1, 0.15) is 0 Å². The van der Waals surface area contributed by atoms with Crippen LogP contribution in [0.4, 0.5) is 22.4 Å². The number of nitrogens with two attached hydrogens (primary N) is 1. The van der Waals surface area contributed by atoms with Gasteiger partial charge in [0.2, 0.25) is 5.88 Å². The van der Waals surface area contributed by atoms with Crippen molar-refractivity contribution < 1.29 is 27.1 Å². The molecule has 0 bridgehead atoms. The average molecular weight is 380 g/mol. The molecule has 5 nitrogen and oxygen atoms in total. The lowest BCUT2D eigenvalue weighted by Gasteiger charge is -2.12. The molecule has 0 aliphatic heterocycles. The molecule has 0 fully saturated rings. The SMILES string of the molecule is CCCc1c(Oc2c(F)cc(C(F)(F)F)cc2Cl)nn(C(N)=O)c1C. The third kappa shape index (κ3) is 3.87. The lowest BCUT2D eigenvalue weighted by molar-refractivity contribution is -0.137. The van der Waals surface area contributed by atoms with E-state index in [0.29, 0.717) is 30.2 Å². The molecule has 0 atom stereocenters. The highest BCUT2D eigenvalue weighted by molar-refractivity contribution is 6.32. The van der Waals surface area contributed by atoms with Crippen molar-refractivity contribution in [2.75, 3.05) is 0 Å². The van der Waals surface area contributed by atoms with Gasteiger partial charge in [-0.25, -0.2) is 9.18 Å². The van der Waals surface area contributed by atoms with Crippen LogP contribution in [0, 0.1) is 12.7 Å². The Hall–Kier alpha value is -2.29. The Labute approximate surface area is 145 Å². The number of nitrogens with zero attached hydrogens (tertiary/aromatic N) is 2. The molecule has 1 aromatic heterocycles. The van der Waals surface area contributed by atoms with Gasteiger partial charge in [-0.15, -0.1) is 5.10 Å². The van der Waals surface area contributed by atoms with Crippen LogP contribution in [0.1, 0.15) is 30.2 Å². The molecular formula is C15H14ClF4N3O2. The lowest BCUT2D eigenvalue weighted by Crippen LogP contribution is -2.22. The molecule has 2 N–H and O–H groups in total. The van der Waals surface area contributed by atoms with E-state index in [4.69, 9.17) is 22.1 Å². The second-order valence-electron chi connectivity index (χ2n) is 5.24. The number of carbonyl (C=O) groups excluding carboxylic acids is 1. The number of hydrogen-bond acceptors (Lipinski definition) is 3. The van der Waals surface area contributed by atoms with Gasteiger partial charge in [-0.2, -0.15) is 17.9 Å². The number of benzene rings is 1. The van der Waals surface area contributed by atoms with Gasteiger partial charge in [-0.05, 0) is 25.5 Å². The normalized spacial score (nSPS) is 11.6. The molecule has 136 valence electrons. The monoisotopic (exact) mass is 379 g/mol. The van der Waals surface area contributed by atoms with Gasteiger partial charge < -0.3 is 10.5 Å². The third-order valence-corrected chi connectivity index (χ3v) is 3.72. The molecule has 0 radical (unpaired) electrons. The Morgan fingerprint density at radius 2 is 2.04 bits per heavy atom. The van der Waals surface area contributed by atoms with Crippen LogP contribution in [0.15, 0.2) is 12.1 Å². The molecule has 2 rings (SSSR count). The van der Waals surface area contributed by atoms with Crippen LogP contribution in [0.3, 0.4) is 0 Å². The van der Waals surface area contributed by atoms with Gasteiger partial charge >= 0.3 is 12.2 Å². The lowest BCUT2D eigenvalue weighted by atomic mass is 10.1. The summed E-state index contributed by atoms with van der Waals surface area (Å²) in [7, 11) is 0. The number of aromatic nitrogens is 2. The Kier molecular flexibility index (Phi) is 5.26. The molecule has 2 aromatic rings. The summed E-state index contributed by atoms with van der Waals surface area (Å²) in [6, 6.07) is -0.0422. The van der Waals surface area contributed by atoms with Crippen LogP contribution >= 0.6 is 11.6 Å². The largest absolute Gasteiger partial charge is 0.433 e. The molecular weight excluding hydrogens is 366 g/mol. The summed E-state index contributed by atoms with van der Waals surface area (Å²) in [5, 5.41) is 3.28. The second-order valence-corrected chi connectivity index (χ2v) is 5.65. The number of primary amides is 1. The maximum atomic E-state index is 14.1. The predicted octanol–water partition coefficient (Wildman–Crippen LogP) is 4.67. The van der Waals surface area contributed by atoms with Crippen molar-refractivity contribution in [2.45, 2.75) is 32.9 Å². The van der Waals surface area contributed by atoms with Crippen molar-refractivity contribution in [3.05, 3.63) is 39.8 Å². The molecule has 1 aromatic carbocycles. The van der Waals surface area contributed by atoms with E-state index in [2.05, 4.69) is 5.10 Å². The van der Waals surface area contributed by atoms with Crippen molar-refractivity contribution in [3.8, 4) is 11.6 Å². The van der Waals surface area contributed by atoms with E-state index in [0.717, 1.165) is 4.68 Å². The minimum atomic E-state index is -4.75. The fourth-order valence-electron chi connectivity index (χ4n) is 2.26. The van der Waals surface area contributed by atoms with Crippen molar-refractivity contribution in [1.82, 2.24) is 9.78 Å². The van der Waals surface area contributed by atoms with E-state index in [1.165, 1.54) is 0 Å². The van der Waals surface area contributed by atoms with Gasteiger partial charge in [-0.3, -0.25) is 0 Å². The molecule has 10 heteroatoms. The van der Waals surface area contributed by atoms with E-state index in [-0.39, 0.29) is 11.9 Å². The Balaban J connectivity index is 2.50. The van der Waals surface area contributed by atoms with Gasteiger partial charge in [-0.1, -0.05) is 24.9 Å². The van der Waals surface area contributed by atoms with E-state index in [1.54, 1.807) is 6.92 Å². The molecule has 0 aliphatic carbocycles. The zero-order chi connectivity index (χ0) is 18.9. The molecule has 25 heavy (non-hydrogen) atoms. The summed E-state index contributed by atoms with van der Waals surface area (Å²) in [4.78, 5) is 11.4. The summed E-state index contributed by atoms with van der Waals surface area (Å²) in [6.07, 6.45) is -3.65. The molecule has 1 amide bonds. The van der Waals surface area contributed by atoms with Crippen molar-refractivity contribution >= 4 is 17.6 Å². The number of amides is 1. The molecule has 0 spiro atoms. The highest BCUT2D eigenvalue weighted by Gasteiger charge is 2.33. The van der Waals surface area contributed by atoms with E-state index >= 15 is 0 Å². The number of halogens is 5. The smallest absolute Gasteiger partial charge is 0.416 e. The van der Waals surface area contributed by atoms with Crippen molar-refractivity contribution in [1.29, 1.82) is 0 Å². The van der Waals surface area contributed by atoms with Crippen LogP contribution < -0.4 is 10.5 Å². The first kappa shape index (κ1) is 19.0. The first-order valence-corrected chi connectivity index (χ1v) is 7.56. The number of hydrogen-bond donors (Lipinski definition) is 1. The number of carbonyl (C=O) groups is 1. The maximum absolute atomic E-state index is 14.1. The predicted molar refractivity (Wildman–Crippen MR) is 82.4 cm³/mol. The second kappa shape index (κ2) is 6.91. The topological polar surface area (TPSA) is 70.1 Å². The van der Waals surface area contributed by atoms with Gasteiger partial charge in [0.05, 0.1) is 16.3 Å². The highest BCUT2D eigenvalue weighted by Crippen LogP contribution is 2.39. The maximum Gasteiger partial charge on any atom is 0.416 e. The Morgan fingerprint density at radius 3 is 2.52 bits per heavy atom. The zero-order valence-electron chi connectivity index (χ0n) is 13.2. The summed E-state index contributed by atoms with van der Waals surface area (Å²) >= 11 is 5.74. The van der Waals surface area contributed by atoms with Crippen LogP contribution in [-0.2, 0) is 12.6 Å². The van der Waals surface area contributed by atoms with Crippen molar-refractivity contribution in [3.63, 3.8) is 0 Å².